The summed E-state index contributed by atoms with van der Waals surface area (Å²) in [5, 5.41) is -0.119. The van der Waals surface area contributed by atoms with E-state index in [2.05, 4.69) is 40.5 Å². The van der Waals surface area contributed by atoms with E-state index >= 15 is 0 Å². The Kier molecular flexibility index (Phi) is 4.66. The lowest BCUT2D eigenvalue weighted by atomic mass is 10.1. The molecule has 2 aliphatic rings. The maximum atomic E-state index is 11.9. The third-order valence-electron chi connectivity index (χ3n) is 4.50. The van der Waals surface area contributed by atoms with E-state index in [4.69, 9.17) is 0 Å². The average Bonchev–Trinajstić information content (AvgIpc) is 3.28. The van der Waals surface area contributed by atoms with Crippen LogP contribution in [0.3, 0.4) is 0 Å². The van der Waals surface area contributed by atoms with Gasteiger partial charge >= 0.3 is 0 Å². The lowest BCUT2D eigenvalue weighted by Crippen LogP contribution is -2.33. The van der Waals surface area contributed by atoms with Crippen LogP contribution in [0.25, 0.3) is 6.08 Å². The minimum Gasteiger partial charge on any atom is -0.299 e. The molecule has 120 valence electrons. The van der Waals surface area contributed by atoms with Crippen LogP contribution in [0.1, 0.15) is 30.4 Å². The van der Waals surface area contributed by atoms with Gasteiger partial charge in [0.25, 0.3) is 0 Å². The highest BCUT2D eigenvalue weighted by Gasteiger charge is 2.36. The van der Waals surface area contributed by atoms with Crippen LogP contribution in [0.4, 0.5) is 0 Å². The molecule has 1 atom stereocenters. The largest absolute Gasteiger partial charge is 0.299 e. The molecule has 0 bridgehead atoms. The summed E-state index contributed by atoms with van der Waals surface area (Å²) in [6.07, 6.45) is 4.58. The van der Waals surface area contributed by atoms with Gasteiger partial charge < -0.3 is 0 Å². The number of benzene rings is 1. The van der Waals surface area contributed by atoms with Gasteiger partial charge in [-0.05, 0) is 42.9 Å². The van der Waals surface area contributed by atoms with E-state index in [-0.39, 0.29) is 5.25 Å². The topological polar surface area (TPSA) is 49.4 Å². The van der Waals surface area contributed by atoms with E-state index in [1.807, 2.05) is 6.08 Å². The molecule has 1 unspecified atom stereocenters. The minimum absolute atomic E-state index is 0.119. The maximum Gasteiger partial charge on any atom is 0.214 e. The van der Waals surface area contributed by atoms with E-state index in [0.717, 1.165) is 44.5 Å². The molecule has 1 aliphatic carbocycles. The molecule has 1 N–H and O–H groups in total. The predicted octanol–water partition coefficient (Wildman–Crippen LogP) is 2.23. The molecular formula is C17H24N2O2S. The second kappa shape index (κ2) is 6.52. The van der Waals surface area contributed by atoms with Gasteiger partial charge in [-0.2, -0.15) is 0 Å². The molecule has 1 aromatic rings. The van der Waals surface area contributed by atoms with Crippen LogP contribution in [0, 0.1) is 5.92 Å². The van der Waals surface area contributed by atoms with E-state index in [1.165, 1.54) is 5.56 Å². The first kappa shape index (κ1) is 15.7. The monoisotopic (exact) mass is 320 g/mol. The summed E-state index contributed by atoms with van der Waals surface area (Å²) in [4.78, 5) is 2.40. The Labute approximate surface area is 133 Å². The SMILES string of the molecule is C=Cc1cccc(CN2CCC(CNS(=O)(=O)C3CC3)C2)c1. The van der Waals surface area contributed by atoms with Gasteiger partial charge in [0.15, 0.2) is 0 Å². The quantitative estimate of drug-likeness (QED) is 0.838. The summed E-state index contributed by atoms with van der Waals surface area (Å²) in [6, 6.07) is 8.41. The molecule has 22 heavy (non-hydrogen) atoms. The molecule has 2 fully saturated rings. The van der Waals surface area contributed by atoms with Gasteiger partial charge in [-0.25, -0.2) is 13.1 Å². The first-order valence-electron chi connectivity index (χ1n) is 7.99. The van der Waals surface area contributed by atoms with Gasteiger partial charge in [0.2, 0.25) is 10.0 Å². The van der Waals surface area contributed by atoms with Crippen molar-refractivity contribution in [2.45, 2.75) is 31.1 Å². The van der Waals surface area contributed by atoms with Gasteiger partial charge in [0.1, 0.15) is 0 Å². The molecule has 0 spiro atoms. The van der Waals surface area contributed by atoms with Crippen LogP contribution in [-0.2, 0) is 16.6 Å². The predicted molar refractivity (Wildman–Crippen MR) is 89.9 cm³/mol. The van der Waals surface area contributed by atoms with Crippen molar-refractivity contribution >= 4 is 16.1 Å². The summed E-state index contributed by atoms with van der Waals surface area (Å²) in [5.41, 5.74) is 2.43. The smallest absolute Gasteiger partial charge is 0.214 e. The van der Waals surface area contributed by atoms with Crippen LogP contribution < -0.4 is 4.72 Å². The van der Waals surface area contributed by atoms with Gasteiger partial charge in [-0.3, -0.25) is 4.90 Å². The van der Waals surface area contributed by atoms with E-state index in [1.54, 1.807) is 0 Å². The van der Waals surface area contributed by atoms with Gasteiger partial charge in [-0.15, -0.1) is 0 Å². The number of nitrogens with one attached hydrogen (secondary N) is 1. The van der Waals surface area contributed by atoms with E-state index in [0.29, 0.717) is 12.5 Å². The summed E-state index contributed by atoms with van der Waals surface area (Å²) < 4.78 is 26.5. The Hall–Kier alpha value is -1.17. The highest BCUT2D eigenvalue weighted by atomic mass is 32.2. The van der Waals surface area contributed by atoms with Crippen LogP contribution in [0.2, 0.25) is 0 Å². The van der Waals surface area contributed by atoms with Crippen LogP contribution in [-0.4, -0.2) is 38.2 Å². The molecule has 1 aromatic carbocycles. The Balaban J connectivity index is 1.48. The number of hydrogen-bond donors (Lipinski definition) is 1. The fourth-order valence-corrected chi connectivity index (χ4v) is 4.49. The van der Waals surface area contributed by atoms with Crippen molar-refractivity contribution in [2.24, 2.45) is 5.92 Å². The fraction of sp³-hybridized carbons (Fsp3) is 0.529. The third-order valence-corrected chi connectivity index (χ3v) is 6.42. The van der Waals surface area contributed by atoms with Gasteiger partial charge in [0, 0.05) is 19.6 Å². The van der Waals surface area contributed by atoms with Crippen molar-refractivity contribution in [2.75, 3.05) is 19.6 Å². The molecule has 0 aromatic heterocycles. The molecule has 1 aliphatic heterocycles. The van der Waals surface area contributed by atoms with Crippen LogP contribution in [0.15, 0.2) is 30.8 Å². The molecular weight excluding hydrogens is 296 g/mol. The normalized spacial score (nSPS) is 22.8. The second-order valence-electron chi connectivity index (χ2n) is 6.43. The summed E-state index contributed by atoms with van der Waals surface area (Å²) >= 11 is 0. The molecule has 1 heterocycles. The zero-order chi connectivity index (χ0) is 15.6. The van der Waals surface area contributed by atoms with Crippen molar-refractivity contribution < 1.29 is 8.42 Å². The lowest BCUT2D eigenvalue weighted by Gasteiger charge is -2.16. The molecule has 1 saturated carbocycles. The third kappa shape index (κ3) is 3.97. The minimum atomic E-state index is -3.04. The molecule has 5 heteroatoms. The van der Waals surface area contributed by atoms with E-state index < -0.39 is 10.0 Å². The maximum absolute atomic E-state index is 11.9. The number of likely N-dealkylation sites (tertiary alicyclic amines) is 1. The zero-order valence-corrected chi connectivity index (χ0v) is 13.7. The summed E-state index contributed by atoms with van der Waals surface area (Å²) in [5.74, 6) is 0.427. The Morgan fingerprint density at radius 2 is 2.14 bits per heavy atom. The van der Waals surface area contributed by atoms with Gasteiger partial charge in [0.05, 0.1) is 5.25 Å². The number of hydrogen-bond acceptors (Lipinski definition) is 3. The average molecular weight is 320 g/mol. The molecule has 0 radical (unpaired) electrons. The van der Waals surface area contributed by atoms with Crippen molar-refractivity contribution in [1.29, 1.82) is 0 Å². The molecule has 0 amide bonds. The van der Waals surface area contributed by atoms with Crippen molar-refractivity contribution in [3.8, 4) is 0 Å². The highest BCUT2D eigenvalue weighted by molar-refractivity contribution is 7.90. The van der Waals surface area contributed by atoms with Crippen LogP contribution in [0.5, 0.6) is 0 Å². The Morgan fingerprint density at radius 1 is 1.32 bits per heavy atom. The zero-order valence-electron chi connectivity index (χ0n) is 12.9. The second-order valence-corrected chi connectivity index (χ2v) is 8.48. The summed E-state index contributed by atoms with van der Waals surface area (Å²) in [7, 11) is -3.04. The van der Waals surface area contributed by atoms with Gasteiger partial charge in [-0.1, -0.05) is 36.9 Å². The van der Waals surface area contributed by atoms with Crippen molar-refractivity contribution in [1.82, 2.24) is 9.62 Å². The van der Waals surface area contributed by atoms with Crippen molar-refractivity contribution in [3.05, 3.63) is 42.0 Å². The summed E-state index contributed by atoms with van der Waals surface area (Å²) in [6.45, 7) is 7.31. The van der Waals surface area contributed by atoms with Crippen molar-refractivity contribution in [3.63, 3.8) is 0 Å². The highest BCUT2D eigenvalue weighted by Crippen LogP contribution is 2.28. The molecule has 3 rings (SSSR count). The standard InChI is InChI=1S/C17H24N2O2S/c1-2-14-4-3-5-15(10-14)12-19-9-8-16(13-19)11-18-22(20,21)17-6-7-17/h2-5,10,16-18H,1,6-9,11-13H2. The first-order chi connectivity index (χ1) is 10.6. The van der Waals surface area contributed by atoms with E-state index in [9.17, 15) is 8.42 Å². The Bertz CT molecular complexity index is 638. The molecule has 4 nitrogen and oxygen atoms in total. The number of nitrogens with zero attached hydrogens (tertiary/aromatic N) is 1. The fourth-order valence-electron chi connectivity index (χ4n) is 3.03. The molecule has 1 saturated heterocycles. The number of rotatable bonds is 7. The van der Waals surface area contributed by atoms with Crippen LogP contribution >= 0.6 is 0 Å². The first-order valence-corrected chi connectivity index (χ1v) is 9.53. The number of sulfonamides is 1. The Morgan fingerprint density at radius 3 is 2.86 bits per heavy atom. The lowest BCUT2D eigenvalue weighted by molar-refractivity contribution is 0.316.